The summed E-state index contributed by atoms with van der Waals surface area (Å²) in [6.45, 7) is 0.263. The number of hydrogen-bond donors (Lipinski definition) is 2. The minimum Gasteiger partial charge on any atom is -0.388 e. The number of halogens is 1. The highest BCUT2D eigenvalue weighted by molar-refractivity contribution is 6.35. The van der Waals surface area contributed by atoms with Crippen LogP contribution in [-0.4, -0.2) is 28.1 Å². The van der Waals surface area contributed by atoms with E-state index in [1.807, 2.05) is 6.07 Å². The summed E-state index contributed by atoms with van der Waals surface area (Å²) in [6, 6.07) is 7.11. The molecule has 122 valence electrons. The van der Waals surface area contributed by atoms with Crippen molar-refractivity contribution in [2.24, 2.45) is 0 Å². The van der Waals surface area contributed by atoms with E-state index >= 15 is 0 Å². The first-order valence-corrected chi connectivity index (χ1v) is 8.51. The zero-order valence-corrected chi connectivity index (χ0v) is 13.8. The Labute approximate surface area is 140 Å². The number of aromatic nitrogens is 1. The van der Waals surface area contributed by atoms with E-state index in [1.165, 1.54) is 0 Å². The van der Waals surface area contributed by atoms with Gasteiger partial charge < -0.3 is 10.4 Å². The summed E-state index contributed by atoms with van der Waals surface area (Å²) in [4.78, 5) is 16.9. The molecular weight excluding hydrogens is 312 g/mol. The molecule has 0 bridgehead atoms. The van der Waals surface area contributed by atoms with Crippen molar-refractivity contribution in [1.82, 2.24) is 10.3 Å². The molecule has 1 fully saturated rings. The van der Waals surface area contributed by atoms with Crippen molar-refractivity contribution >= 4 is 28.4 Å². The smallest absolute Gasteiger partial charge is 0.253 e. The first kappa shape index (κ1) is 16.2. The predicted octanol–water partition coefficient (Wildman–Crippen LogP) is 3.70. The molecule has 5 heteroatoms. The van der Waals surface area contributed by atoms with Gasteiger partial charge in [0.15, 0.2) is 0 Å². The lowest BCUT2D eigenvalue weighted by Gasteiger charge is -2.27. The predicted molar refractivity (Wildman–Crippen MR) is 91.7 cm³/mol. The van der Waals surface area contributed by atoms with Crippen LogP contribution in [0.25, 0.3) is 10.9 Å². The maximum Gasteiger partial charge on any atom is 0.253 e. The highest BCUT2D eigenvalue weighted by atomic mass is 35.5. The molecule has 0 atom stereocenters. The lowest BCUT2D eigenvalue weighted by Crippen LogP contribution is -2.42. The van der Waals surface area contributed by atoms with Gasteiger partial charge in [-0.25, -0.2) is 0 Å². The summed E-state index contributed by atoms with van der Waals surface area (Å²) in [5.74, 6) is -0.258. The van der Waals surface area contributed by atoms with Crippen molar-refractivity contribution in [3.05, 3.63) is 41.0 Å². The third kappa shape index (κ3) is 3.65. The maximum atomic E-state index is 12.6. The number of aliphatic hydroxyl groups is 1. The summed E-state index contributed by atoms with van der Waals surface area (Å²) in [5, 5.41) is 14.7. The number of hydrogen-bond acceptors (Lipinski definition) is 3. The molecule has 3 rings (SSSR count). The van der Waals surface area contributed by atoms with Crippen molar-refractivity contribution in [3.8, 4) is 0 Å². The van der Waals surface area contributed by atoms with Crippen molar-refractivity contribution in [2.45, 2.75) is 44.1 Å². The number of pyridine rings is 1. The van der Waals surface area contributed by atoms with Gasteiger partial charge in [-0.05, 0) is 31.0 Å². The minimum absolute atomic E-state index is 0.258. The summed E-state index contributed by atoms with van der Waals surface area (Å²) >= 11 is 6.23. The van der Waals surface area contributed by atoms with Crippen LogP contribution in [0.3, 0.4) is 0 Å². The number of nitrogens with one attached hydrogen (secondary N) is 1. The van der Waals surface area contributed by atoms with E-state index in [9.17, 15) is 9.90 Å². The second-order valence-corrected chi connectivity index (χ2v) is 6.72. The number of amides is 1. The van der Waals surface area contributed by atoms with Crippen molar-refractivity contribution < 1.29 is 9.90 Å². The number of carbonyl (C=O) groups excluding carboxylic acids is 1. The zero-order chi connectivity index (χ0) is 16.3. The van der Waals surface area contributed by atoms with E-state index in [-0.39, 0.29) is 12.5 Å². The van der Waals surface area contributed by atoms with Gasteiger partial charge in [0.1, 0.15) is 0 Å². The molecule has 1 aromatic heterocycles. The van der Waals surface area contributed by atoms with Crippen LogP contribution in [-0.2, 0) is 0 Å². The average Bonchev–Trinajstić information content (AvgIpc) is 2.78. The lowest BCUT2D eigenvalue weighted by atomic mass is 9.94. The highest BCUT2D eigenvalue weighted by Crippen LogP contribution is 2.28. The van der Waals surface area contributed by atoms with Crippen LogP contribution in [0.2, 0.25) is 5.02 Å². The Morgan fingerprint density at radius 1 is 1.22 bits per heavy atom. The molecule has 0 saturated heterocycles. The normalized spacial score (nSPS) is 17.7. The van der Waals surface area contributed by atoms with Crippen LogP contribution in [0.15, 0.2) is 30.5 Å². The van der Waals surface area contributed by atoms with Crippen LogP contribution in [0, 0.1) is 0 Å². The van der Waals surface area contributed by atoms with Crippen molar-refractivity contribution in [1.29, 1.82) is 0 Å². The summed E-state index contributed by atoms with van der Waals surface area (Å²) in [7, 11) is 0. The molecule has 23 heavy (non-hydrogen) atoms. The molecule has 1 aliphatic rings. The summed E-state index contributed by atoms with van der Waals surface area (Å²) < 4.78 is 0. The fourth-order valence-electron chi connectivity index (χ4n) is 3.25. The molecule has 0 spiro atoms. The Hall–Kier alpha value is -1.65. The Morgan fingerprint density at radius 2 is 1.96 bits per heavy atom. The number of nitrogens with zero attached hydrogens (tertiary/aromatic N) is 1. The van der Waals surface area contributed by atoms with Crippen LogP contribution >= 0.6 is 11.6 Å². The standard InChI is InChI=1S/C18H21ClN2O2/c19-14-7-8-15-13(6-5-11-20-15)16(14)17(22)21-12-18(23)9-3-1-2-4-10-18/h5-8,11,23H,1-4,9-10,12H2,(H,21,22). The van der Waals surface area contributed by atoms with Gasteiger partial charge in [-0.2, -0.15) is 0 Å². The van der Waals surface area contributed by atoms with Crippen LogP contribution in [0.1, 0.15) is 48.9 Å². The molecule has 1 heterocycles. The Morgan fingerprint density at radius 3 is 2.70 bits per heavy atom. The van der Waals surface area contributed by atoms with Gasteiger partial charge in [-0.15, -0.1) is 0 Å². The Kier molecular flexibility index (Phi) is 4.83. The largest absolute Gasteiger partial charge is 0.388 e. The van der Waals surface area contributed by atoms with Gasteiger partial charge in [0, 0.05) is 18.1 Å². The van der Waals surface area contributed by atoms with E-state index in [0.29, 0.717) is 10.6 Å². The number of fused-ring (bicyclic) bond motifs is 1. The van der Waals surface area contributed by atoms with Crippen molar-refractivity contribution in [2.75, 3.05) is 6.54 Å². The van der Waals surface area contributed by atoms with Gasteiger partial charge in [0.05, 0.1) is 21.7 Å². The summed E-state index contributed by atoms with van der Waals surface area (Å²) in [5.41, 5.74) is 0.353. The Bertz CT molecular complexity index is 709. The molecule has 1 aromatic carbocycles. The minimum atomic E-state index is -0.804. The van der Waals surface area contributed by atoms with Crippen molar-refractivity contribution in [3.63, 3.8) is 0 Å². The quantitative estimate of drug-likeness (QED) is 0.842. The molecule has 1 saturated carbocycles. The van der Waals surface area contributed by atoms with E-state index in [4.69, 9.17) is 11.6 Å². The average molecular weight is 333 g/mol. The van der Waals surface area contributed by atoms with Gasteiger partial charge >= 0.3 is 0 Å². The fourth-order valence-corrected chi connectivity index (χ4v) is 3.50. The highest BCUT2D eigenvalue weighted by Gasteiger charge is 2.29. The lowest BCUT2D eigenvalue weighted by molar-refractivity contribution is 0.0247. The van der Waals surface area contributed by atoms with E-state index < -0.39 is 5.60 Å². The monoisotopic (exact) mass is 332 g/mol. The molecule has 4 nitrogen and oxygen atoms in total. The number of rotatable bonds is 3. The Balaban J connectivity index is 1.79. The molecule has 2 aromatic rings. The van der Waals surface area contributed by atoms with Gasteiger partial charge in [0.2, 0.25) is 0 Å². The molecular formula is C18H21ClN2O2. The SMILES string of the molecule is O=C(NCC1(O)CCCCCC1)c1c(Cl)ccc2ncccc12. The number of benzene rings is 1. The van der Waals surface area contributed by atoms with E-state index in [0.717, 1.165) is 49.4 Å². The third-order valence-electron chi connectivity index (χ3n) is 4.57. The zero-order valence-electron chi connectivity index (χ0n) is 13.0. The fraction of sp³-hybridized carbons (Fsp3) is 0.444. The first-order valence-electron chi connectivity index (χ1n) is 8.13. The van der Waals surface area contributed by atoms with Gasteiger partial charge in [-0.3, -0.25) is 9.78 Å². The van der Waals surface area contributed by atoms with Crippen LogP contribution < -0.4 is 5.32 Å². The van der Waals surface area contributed by atoms with Crippen LogP contribution in [0.5, 0.6) is 0 Å². The topological polar surface area (TPSA) is 62.2 Å². The molecule has 2 N–H and O–H groups in total. The second kappa shape index (κ2) is 6.85. The summed E-state index contributed by atoms with van der Waals surface area (Å²) in [6.07, 6.45) is 7.47. The van der Waals surface area contributed by atoms with Crippen LogP contribution in [0.4, 0.5) is 0 Å². The second-order valence-electron chi connectivity index (χ2n) is 6.31. The van der Waals surface area contributed by atoms with Gasteiger partial charge in [-0.1, -0.05) is 43.4 Å². The molecule has 1 amide bonds. The van der Waals surface area contributed by atoms with E-state index in [1.54, 1.807) is 24.4 Å². The maximum absolute atomic E-state index is 12.6. The molecule has 0 radical (unpaired) electrons. The first-order chi connectivity index (χ1) is 11.1. The number of carbonyl (C=O) groups is 1. The molecule has 0 unspecified atom stereocenters. The van der Waals surface area contributed by atoms with Gasteiger partial charge in [0.25, 0.3) is 5.91 Å². The van der Waals surface area contributed by atoms with E-state index in [2.05, 4.69) is 10.3 Å². The molecule has 1 aliphatic carbocycles. The third-order valence-corrected chi connectivity index (χ3v) is 4.89. The molecule has 0 aliphatic heterocycles.